The number of fused-ring (bicyclic) bond motifs is 1. The van der Waals surface area contributed by atoms with E-state index >= 15 is 0 Å². The Hall–Kier alpha value is -1.92. The smallest absolute Gasteiger partial charge is 0.256 e. The highest BCUT2D eigenvalue weighted by Gasteiger charge is 2.15. The number of hydrogen-bond acceptors (Lipinski definition) is 4. The first-order chi connectivity index (χ1) is 9.56. The average Bonchev–Trinajstić information content (AvgIpc) is 2.87. The van der Waals surface area contributed by atoms with Crippen LogP contribution < -0.4 is 4.74 Å². The molecule has 8 heteroatoms. The van der Waals surface area contributed by atoms with Crippen LogP contribution in [-0.4, -0.2) is 19.6 Å². The predicted molar refractivity (Wildman–Crippen MR) is 72.0 cm³/mol. The van der Waals surface area contributed by atoms with Crippen molar-refractivity contribution >= 4 is 29.0 Å². The zero-order valence-electron chi connectivity index (χ0n) is 10.1. The van der Waals surface area contributed by atoms with Crippen LogP contribution in [0.3, 0.4) is 0 Å². The maximum atomic E-state index is 13.4. The lowest BCUT2D eigenvalue weighted by molar-refractivity contribution is 0.438. The van der Waals surface area contributed by atoms with E-state index in [2.05, 4.69) is 15.1 Å². The molecule has 0 amide bonds. The summed E-state index contributed by atoms with van der Waals surface area (Å²) < 4.78 is 20.4. The fraction of sp³-hybridized carbons (Fsp3) is 0.0833. The van der Waals surface area contributed by atoms with E-state index in [1.807, 2.05) is 0 Å². The molecule has 0 aliphatic carbocycles. The molecule has 0 saturated heterocycles. The van der Waals surface area contributed by atoms with Gasteiger partial charge in [-0.25, -0.2) is 4.39 Å². The van der Waals surface area contributed by atoms with Crippen LogP contribution in [0.15, 0.2) is 24.5 Å². The lowest BCUT2D eigenvalue weighted by Crippen LogP contribution is -2.01. The van der Waals surface area contributed by atoms with Crippen molar-refractivity contribution < 1.29 is 9.13 Å². The van der Waals surface area contributed by atoms with Gasteiger partial charge < -0.3 is 4.74 Å². The molecule has 0 N–H and O–H groups in total. The van der Waals surface area contributed by atoms with Crippen LogP contribution >= 0.6 is 23.2 Å². The Morgan fingerprint density at radius 2 is 2.10 bits per heavy atom. The molecule has 0 bridgehead atoms. The average molecular weight is 313 g/mol. The first kappa shape index (κ1) is 13.1. The summed E-state index contributed by atoms with van der Waals surface area (Å²) in [5.41, 5.74) is 0.569. The van der Waals surface area contributed by atoms with Gasteiger partial charge in [-0.1, -0.05) is 23.2 Å². The van der Waals surface area contributed by atoms with Crippen LogP contribution in [0.5, 0.6) is 11.6 Å². The molecule has 2 aromatic heterocycles. The van der Waals surface area contributed by atoms with Gasteiger partial charge in [-0.2, -0.15) is 19.6 Å². The number of rotatable bonds is 2. The normalized spacial score (nSPS) is 11.0. The Balaban J connectivity index is 2.11. The zero-order chi connectivity index (χ0) is 14.3. The molecule has 0 spiro atoms. The van der Waals surface area contributed by atoms with Crippen LogP contribution in [0.4, 0.5) is 4.39 Å². The predicted octanol–water partition coefficient (Wildman–Crippen LogP) is 3.67. The molecule has 0 saturated carbocycles. The minimum absolute atomic E-state index is 0.0211. The van der Waals surface area contributed by atoms with E-state index in [1.54, 1.807) is 13.0 Å². The van der Waals surface area contributed by atoms with Crippen molar-refractivity contribution in [2.24, 2.45) is 0 Å². The molecule has 1 aromatic carbocycles. The van der Waals surface area contributed by atoms with Gasteiger partial charge in [-0.3, -0.25) is 0 Å². The van der Waals surface area contributed by atoms with Crippen LogP contribution in [0.1, 0.15) is 5.56 Å². The Kier molecular flexibility index (Phi) is 3.19. The number of benzene rings is 1. The summed E-state index contributed by atoms with van der Waals surface area (Å²) in [5, 5.41) is 4.26. The van der Waals surface area contributed by atoms with E-state index in [0.717, 1.165) is 0 Å². The van der Waals surface area contributed by atoms with E-state index in [4.69, 9.17) is 27.9 Å². The molecule has 3 rings (SSSR count). The summed E-state index contributed by atoms with van der Waals surface area (Å²) in [6.07, 6.45) is 1.33. The first-order valence-corrected chi connectivity index (χ1v) is 6.30. The molecule has 0 unspecified atom stereocenters. The third-order valence-electron chi connectivity index (χ3n) is 2.66. The largest absolute Gasteiger partial charge is 0.438 e. The van der Waals surface area contributed by atoms with E-state index in [9.17, 15) is 4.39 Å². The van der Waals surface area contributed by atoms with Crippen molar-refractivity contribution in [3.05, 3.63) is 46.1 Å². The van der Waals surface area contributed by atoms with Gasteiger partial charge in [0, 0.05) is 11.6 Å². The van der Waals surface area contributed by atoms with Crippen molar-refractivity contribution in [1.29, 1.82) is 0 Å². The topological polar surface area (TPSA) is 52.3 Å². The molecule has 3 aromatic rings. The van der Waals surface area contributed by atoms with Crippen LogP contribution in [0.2, 0.25) is 10.2 Å². The highest BCUT2D eigenvalue weighted by molar-refractivity contribution is 6.30. The number of ether oxygens (including phenoxy) is 1. The summed E-state index contributed by atoms with van der Waals surface area (Å²) in [6.45, 7) is 1.72. The van der Waals surface area contributed by atoms with Crippen molar-refractivity contribution in [2.75, 3.05) is 0 Å². The van der Waals surface area contributed by atoms with Crippen LogP contribution in [0, 0.1) is 12.7 Å². The van der Waals surface area contributed by atoms with Gasteiger partial charge in [0.1, 0.15) is 23.0 Å². The first-order valence-electron chi connectivity index (χ1n) is 5.55. The maximum Gasteiger partial charge on any atom is 0.256 e. The summed E-state index contributed by atoms with van der Waals surface area (Å²) >= 11 is 11.6. The van der Waals surface area contributed by atoms with Gasteiger partial charge in [0.2, 0.25) is 5.88 Å². The Bertz CT molecular complexity index is 805. The zero-order valence-corrected chi connectivity index (χ0v) is 11.7. The SMILES string of the molecule is Cc1c(Cl)nc2ncnn2c1Oc1ccc(Cl)c(F)c1. The second kappa shape index (κ2) is 4.88. The van der Waals surface area contributed by atoms with E-state index < -0.39 is 5.82 Å². The fourth-order valence-corrected chi connectivity index (χ4v) is 1.92. The Labute approximate surface area is 122 Å². The van der Waals surface area contributed by atoms with E-state index in [1.165, 1.54) is 23.0 Å². The van der Waals surface area contributed by atoms with Crippen molar-refractivity contribution in [2.45, 2.75) is 6.92 Å². The highest BCUT2D eigenvalue weighted by Crippen LogP contribution is 2.30. The van der Waals surface area contributed by atoms with Gasteiger partial charge >= 0.3 is 0 Å². The third kappa shape index (κ3) is 2.17. The molecule has 0 atom stereocenters. The molecule has 0 radical (unpaired) electrons. The minimum atomic E-state index is -0.572. The Morgan fingerprint density at radius 3 is 2.85 bits per heavy atom. The summed E-state index contributed by atoms with van der Waals surface area (Å²) in [5.74, 6) is 0.315. The summed E-state index contributed by atoms with van der Waals surface area (Å²) in [4.78, 5) is 7.98. The molecule has 5 nitrogen and oxygen atoms in total. The maximum absolute atomic E-state index is 13.4. The lowest BCUT2D eigenvalue weighted by Gasteiger charge is -2.10. The fourth-order valence-electron chi connectivity index (χ4n) is 1.65. The number of aromatic nitrogens is 4. The number of nitrogens with zero attached hydrogens (tertiary/aromatic N) is 4. The minimum Gasteiger partial charge on any atom is -0.438 e. The Morgan fingerprint density at radius 1 is 1.30 bits per heavy atom. The lowest BCUT2D eigenvalue weighted by atomic mass is 10.3. The third-order valence-corrected chi connectivity index (χ3v) is 3.33. The number of halogens is 3. The number of hydrogen-bond donors (Lipinski definition) is 0. The van der Waals surface area contributed by atoms with E-state index in [0.29, 0.717) is 17.2 Å². The summed E-state index contributed by atoms with van der Waals surface area (Å²) in [7, 11) is 0. The van der Waals surface area contributed by atoms with Crippen LogP contribution in [0.25, 0.3) is 5.78 Å². The quantitative estimate of drug-likeness (QED) is 0.677. The molecule has 0 aliphatic rings. The molecule has 0 aliphatic heterocycles. The van der Waals surface area contributed by atoms with Crippen molar-refractivity contribution in [1.82, 2.24) is 19.6 Å². The van der Waals surface area contributed by atoms with Crippen molar-refractivity contribution in [3.63, 3.8) is 0 Å². The molecular formula is C12H7Cl2FN4O. The monoisotopic (exact) mass is 312 g/mol. The van der Waals surface area contributed by atoms with Gasteiger partial charge in [-0.15, -0.1) is 0 Å². The standard InChI is InChI=1S/C12H7Cl2FN4O/c1-6-10(14)18-12-16-5-17-19(12)11(6)20-7-2-3-8(13)9(15)4-7/h2-5H,1H3. The van der Waals surface area contributed by atoms with Crippen LogP contribution in [-0.2, 0) is 0 Å². The second-order valence-electron chi connectivity index (χ2n) is 3.98. The van der Waals surface area contributed by atoms with Crippen molar-refractivity contribution in [3.8, 4) is 11.6 Å². The highest BCUT2D eigenvalue weighted by atomic mass is 35.5. The van der Waals surface area contributed by atoms with Gasteiger partial charge in [0.15, 0.2) is 0 Å². The molecule has 0 fully saturated rings. The molecule has 2 heterocycles. The van der Waals surface area contributed by atoms with Gasteiger partial charge in [0.05, 0.1) is 5.02 Å². The molecular weight excluding hydrogens is 306 g/mol. The van der Waals surface area contributed by atoms with Gasteiger partial charge in [0.25, 0.3) is 5.78 Å². The summed E-state index contributed by atoms with van der Waals surface area (Å²) in [6, 6.07) is 4.13. The van der Waals surface area contributed by atoms with Gasteiger partial charge in [-0.05, 0) is 19.1 Å². The molecule has 102 valence electrons. The molecule has 20 heavy (non-hydrogen) atoms. The van der Waals surface area contributed by atoms with E-state index in [-0.39, 0.29) is 15.9 Å². The second-order valence-corrected chi connectivity index (χ2v) is 4.75.